The highest BCUT2D eigenvalue weighted by Crippen LogP contribution is 2.36. The number of carboxylic acids is 1. The molecule has 2 heterocycles. The Morgan fingerprint density at radius 3 is 2.43 bits per heavy atom. The summed E-state index contributed by atoms with van der Waals surface area (Å²) in [5, 5.41) is 11.4. The average Bonchev–Trinajstić information content (AvgIpc) is 2.88. The first-order chi connectivity index (χ1) is 9.62. The average molecular weight is 322 g/mol. The highest BCUT2D eigenvalue weighted by Gasteiger charge is 2.41. The molecule has 0 unspecified atom stereocenters. The first-order valence-corrected chi connectivity index (χ1v) is 7.51. The van der Waals surface area contributed by atoms with E-state index in [9.17, 15) is 18.0 Å². The first kappa shape index (κ1) is 16.1. The van der Waals surface area contributed by atoms with E-state index in [-0.39, 0.29) is 12.8 Å². The lowest BCUT2D eigenvalue weighted by Crippen LogP contribution is -2.39. The minimum atomic E-state index is -4.13. The number of carboxylic acid groups (broad SMARTS) is 1. The lowest BCUT2D eigenvalue weighted by molar-refractivity contribution is -0.179. The number of halogens is 3. The van der Waals surface area contributed by atoms with Crippen LogP contribution in [0.5, 0.6) is 0 Å². The molecule has 2 rings (SSSR count). The summed E-state index contributed by atoms with van der Waals surface area (Å²) in [6.45, 7) is 3.71. The molecule has 4 nitrogen and oxygen atoms in total. The number of carbonyl (C=O) groups is 1. The molecule has 1 aliphatic heterocycles. The van der Waals surface area contributed by atoms with Crippen LogP contribution in [0, 0.1) is 5.92 Å². The van der Waals surface area contributed by atoms with E-state index in [1.54, 1.807) is 24.1 Å². The fourth-order valence-corrected chi connectivity index (χ4v) is 3.25. The molecule has 1 aromatic rings. The summed E-state index contributed by atoms with van der Waals surface area (Å²) < 4.78 is 37.9. The van der Waals surface area contributed by atoms with Gasteiger partial charge in [0.05, 0.1) is 11.6 Å². The number of alkyl halides is 3. The maximum absolute atomic E-state index is 12.6. The number of anilines is 1. The number of aromatic nitrogens is 1. The van der Waals surface area contributed by atoms with Crippen molar-refractivity contribution in [1.29, 1.82) is 0 Å². The standard InChI is InChI=1S/C13H17F3N2O2S/c1-12(2,10(19)20)9-7-21-11(17-9)18-5-3-8(4-6-18)13(14,15)16/h7-8H,3-6H2,1-2H3,(H,19,20). The minimum Gasteiger partial charge on any atom is -0.481 e. The number of aliphatic carboxylic acids is 1. The second-order valence-electron chi connectivity index (χ2n) is 5.75. The van der Waals surface area contributed by atoms with Gasteiger partial charge in [0.1, 0.15) is 5.41 Å². The van der Waals surface area contributed by atoms with Gasteiger partial charge < -0.3 is 10.0 Å². The van der Waals surface area contributed by atoms with E-state index in [4.69, 9.17) is 5.11 Å². The van der Waals surface area contributed by atoms with E-state index in [0.717, 1.165) is 0 Å². The number of nitrogens with zero attached hydrogens (tertiary/aromatic N) is 2. The van der Waals surface area contributed by atoms with Crippen LogP contribution in [0.25, 0.3) is 0 Å². The van der Waals surface area contributed by atoms with Crippen LogP contribution < -0.4 is 4.90 Å². The maximum Gasteiger partial charge on any atom is 0.391 e. The molecule has 8 heteroatoms. The van der Waals surface area contributed by atoms with E-state index >= 15 is 0 Å². The zero-order chi connectivity index (χ0) is 15.8. The Hall–Kier alpha value is -1.31. The monoisotopic (exact) mass is 322 g/mol. The molecule has 1 aromatic heterocycles. The number of piperidine rings is 1. The van der Waals surface area contributed by atoms with Crippen LogP contribution >= 0.6 is 11.3 Å². The van der Waals surface area contributed by atoms with Crippen molar-refractivity contribution in [3.8, 4) is 0 Å². The number of rotatable bonds is 3. The van der Waals surface area contributed by atoms with Crippen molar-refractivity contribution < 1.29 is 23.1 Å². The number of hydrogen-bond acceptors (Lipinski definition) is 4. The topological polar surface area (TPSA) is 53.4 Å². The first-order valence-electron chi connectivity index (χ1n) is 6.63. The van der Waals surface area contributed by atoms with Crippen LogP contribution in [0.1, 0.15) is 32.4 Å². The number of hydrogen-bond donors (Lipinski definition) is 1. The Labute approximate surface area is 124 Å². The Kier molecular flexibility index (Phi) is 4.19. The predicted octanol–water partition coefficient (Wildman–Crippen LogP) is 3.28. The summed E-state index contributed by atoms with van der Waals surface area (Å²) in [5.41, 5.74) is -0.660. The van der Waals surface area contributed by atoms with Crippen LogP contribution in [-0.4, -0.2) is 35.3 Å². The van der Waals surface area contributed by atoms with Crippen LogP contribution in [0.2, 0.25) is 0 Å². The van der Waals surface area contributed by atoms with Gasteiger partial charge in [-0.2, -0.15) is 13.2 Å². The molecule has 1 N–H and O–H groups in total. The zero-order valence-electron chi connectivity index (χ0n) is 11.8. The molecule has 0 amide bonds. The normalized spacial score (nSPS) is 18.0. The van der Waals surface area contributed by atoms with Gasteiger partial charge in [-0.25, -0.2) is 4.98 Å². The van der Waals surface area contributed by atoms with Crippen LogP contribution in [0.15, 0.2) is 5.38 Å². The summed E-state index contributed by atoms with van der Waals surface area (Å²) in [5.74, 6) is -2.22. The van der Waals surface area contributed by atoms with Crippen molar-refractivity contribution >= 4 is 22.4 Å². The largest absolute Gasteiger partial charge is 0.481 e. The van der Waals surface area contributed by atoms with Gasteiger partial charge in [-0.1, -0.05) is 0 Å². The van der Waals surface area contributed by atoms with Gasteiger partial charge >= 0.3 is 12.1 Å². The Balaban J connectivity index is 2.06. The van der Waals surface area contributed by atoms with Gasteiger partial charge in [-0.3, -0.25) is 4.79 Å². The lowest BCUT2D eigenvalue weighted by atomic mass is 9.90. The molecule has 0 radical (unpaired) electrons. The highest BCUT2D eigenvalue weighted by molar-refractivity contribution is 7.13. The summed E-state index contributed by atoms with van der Waals surface area (Å²) in [4.78, 5) is 17.3. The lowest BCUT2D eigenvalue weighted by Gasteiger charge is -2.32. The number of thiazole rings is 1. The molecule has 118 valence electrons. The fraction of sp³-hybridized carbons (Fsp3) is 0.692. The Morgan fingerprint density at radius 2 is 1.95 bits per heavy atom. The third-order valence-electron chi connectivity index (χ3n) is 3.90. The Morgan fingerprint density at radius 1 is 1.38 bits per heavy atom. The minimum absolute atomic E-state index is 0.0563. The quantitative estimate of drug-likeness (QED) is 0.928. The second-order valence-corrected chi connectivity index (χ2v) is 6.58. The summed E-state index contributed by atoms with van der Waals surface area (Å²) in [7, 11) is 0. The van der Waals surface area contributed by atoms with E-state index in [2.05, 4.69) is 4.98 Å². The third-order valence-corrected chi connectivity index (χ3v) is 4.80. The summed E-state index contributed by atoms with van der Waals surface area (Å²) in [6.07, 6.45) is -4.02. The van der Waals surface area contributed by atoms with Crippen molar-refractivity contribution in [2.45, 2.75) is 38.3 Å². The summed E-state index contributed by atoms with van der Waals surface area (Å²) >= 11 is 1.28. The van der Waals surface area contributed by atoms with Gasteiger partial charge in [0, 0.05) is 18.5 Å². The van der Waals surface area contributed by atoms with Gasteiger partial charge in [0.15, 0.2) is 5.13 Å². The molecule has 0 atom stereocenters. The molecular weight excluding hydrogens is 305 g/mol. The fourth-order valence-electron chi connectivity index (χ4n) is 2.20. The van der Waals surface area contributed by atoms with Crippen molar-refractivity contribution in [3.63, 3.8) is 0 Å². The maximum atomic E-state index is 12.6. The molecule has 0 aliphatic carbocycles. The molecule has 0 aromatic carbocycles. The van der Waals surface area contributed by atoms with Crippen molar-refractivity contribution in [2.75, 3.05) is 18.0 Å². The van der Waals surface area contributed by atoms with E-state index < -0.39 is 23.5 Å². The van der Waals surface area contributed by atoms with E-state index in [1.165, 1.54) is 11.3 Å². The van der Waals surface area contributed by atoms with Gasteiger partial charge in [0.2, 0.25) is 0 Å². The van der Waals surface area contributed by atoms with Crippen LogP contribution in [0.3, 0.4) is 0 Å². The van der Waals surface area contributed by atoms with Gasteiger partial charge in [0.25, 0.3) is 0 Å². The van der Waals surface area contributed by atoms with Gasteiger partial charge in [-0.05, 0) is 26.7 Å². The Bertz CT molecular complexity index is 520. The van der Waals surface area contributed by atoms with E-state index in [1.807, 2.05) is 0 Å². The van der Waals surface area contributed by atoms with Crippen molar-refractivity contribution in [1.82, 2.24) is 4.98 Å². The molecule has 1 saturated heterocycles. The molecule has 0 spiro atoms. The molecule has 0 bridgehead atoms. The van der Waals surface area contributed by atoms with Crippen molar-refractivity contribution in [3.05, 3.63) is 11.1 Å². The van der Waals surface area contributed by atoms with Crippen molar-refractivity contribution in [2.24, 2.45) is 5.92 Å². The molecule has 1 aliphatic rings. The second kappa shape index (κ2) is 5.47. The smallest absolute Gasteiger partial charge is 0.391 e. The summed E-state index contributed by atoms with van der Waals surface area (Å²) in [6, 6.07) is 0. The third kappa shape index (κ3) is 3.30. The molecular formula is C13H17F3N2O2S. The molecule has 1 fully saturated rings. The molecule has 0 saturated carbocycles. The zero-order valence-corrected chi connectivity index (χ0v) is 12.6. The molecule has 21 heavy (non-hydrogen) atoms. The van der Waals surface area contributed by atoms with Gasteiger partial charge in [-0.15, -0.1) is 11.3 Å². The van der Waals surface area contributed by atoms with Crippen LogP contribution in [0.4, 0.5) is 18.3 Å². The SMILES string of the molecule is CC(C)(C(=O)O)c1csc(N2CCC(C(F)(F)F)CC2)n1. The highest BCUT2D eigenvalue weighted by atomic mass is 32.1. The van der Waals surface area contributed by atoms with Crippen LogP contribution in [-0.2, 0) is 10.2 Å². The predicted molar refractivity (Wildman–Crippen MR) is 73.8 cm³/mol. The van der Waals surface area contributed by atoms with E-state index in [0.29, 0.717) is 23.9 Å².